The van der Waals surface area contributed by atoms with Crippen molar-refractivity contribution in [2.45, 2.75) is 6.92 Å². The van der Waals surface area contributed by atoms with E-state index in [-0.39, 0.29) is 0 Å². The summed E-state index contributed by atoms with van der Waals surface area (Å²) >= 11 is 0. The van der Waals surface area contributed by atoms with E-state index in [2.05, 4.69) is 11.3 Å². The quantitative estimate of drug-likeness (QED) is 0.559. The van der Waals surface area contributed by atoms with Crippen LogP contribution in [0.25, 0.3) is 11.6 Å². The standard InChI is InChI=1S/C13H10O3/c1-3-9-5-4-6-10(8(9)2)11-7-12(14)16-13(11)15/h3-7H,1H2,2H3. The van der Waals surface area contributed by atoms with Gasteiger partial charge in [0.1, 0.15) is 0 Å². The van der Waals surface area contributed by atoms with Gasteiger partial charge in [-0.25, -0.2) is 9.59 Å². The van der Waals surface area contributed by atoms with Gasteiger partial charge in [-0.05, 0) is 23.6 Å². The monoisotopic (exact) mass is 214 g/mol. The Hall–Kier alpha value is -2.16. The minimum Gasteiger partial charge on any atom is -0.386 e. The van der Waals surface area contributed by atoms with Crippen molar-refractivity contribution in [1.29, 1.82) is 0 Å². The summed E-state index contributed by atoms with van der Waals surface area (Å²) < 4.78 is 4.46. The zero-order valence-electron chi connectivity index (χ0n) is 8.82. The number of rotatable bonds is 2. The highest BCUT2D eigenvalue weighted by atomic mass is 16.6. The van der Waals surface area contributed by atoms with E-state index in [9.17, 15) is 9.59 Å². The Morgan fingerprint density at radius 1 is 1.31 bits per heavy atom. The first-order valence-corrected chi connectivity index (χ1v) is 4.83. The Morgan fingerprint density at radius 2 is 2.06 bits per heavy atom. The van der Waals surface area contributed by atoms with Crippen LogP contribution in [0, 0.1) is 6.92 Å². The van der Waals surface area contributed by atoms with Gasteiger partial charge < -0.3 is 4.74 Å². The summed E-state index contributed by atoms with van der Waals surface area (Å²) in [5, 5.41) is 0. The van der Waals surface area contributed by atoms with Crippen LogP contribution in [-0.2, 0) is 14.3 Å². The first-order chi connectivity index (χ1) is 7.63. The SMILES string of the molecule is C=Cc1cccc(C2=CC(=O)OC2=O)c1C. The maximum Gasteiger partial charge on any atom is 0.346 e. The molecule has 0 aliphatic carbocycles. The Morgan fingerprint density at radius 3 is 2.62 bits per heavy atom. The van der Waals surface area contributed by atoms with E-state index in [1.165, 1.54) is 6.08 Å². The second-order valence-electron chi connectivity index (χ2n) is 3.49. The van der Waals surface area contributed by atoms with Gasteiger partial charge in [0.05, 0.1) is 5.57 Å². The second kappa shape index (κ2) is 3.77. The third kappa shape index (κ3) is 1.56. The van der Waals surface area contributed by atoms with Gasteiger partial charge in [-0.2, -0.15) is 0 Å². The summed E-state index contributed by atoms with van der Waals surface area (Å²) in [5.74, 6) is -1.20. The van der Waals surface area contributed by atoms with Gasteiger partial charge in [-0.15, -0.1) is 0 Å². The summed E-state index contributed by atoms with van der Waals surface area (Å²) in [5.41, 5.74) is 2.88. The molecule has 3 heteroatoms. The molecule has 0 radical (unpaired) electrons. The van der Waals surface area contributed by atoms with E-state index < -0.39 is 11.9 Å². The van der Waals surface area contributed by atoms with Crippen molar-refractivity contribution < 1.29 is 14.3 Å². The van der Waals surface area contributed by atoms with Gasteiger partial charge >= 0.3 is 11.9 Å². The smallest absolute Gasteiger partial charge is 0.346 e. The molecule has 1 aromatic rings. The van der Waals surface area contributed by atoms with Crippen molar-refractivity contribution in [3.63, 3.8) is 0 Å². The Bertz CT molecular complexity index is 524. The van der Waals surface area contributed by atoms with E-state index in [1.807, 2.05) is 19.1 Å². The summed E-state index contributed by atoms with van der Waals surface area (Å²) in [6.45, 7) is 5.57. The van der Waals surface area contributed by atoms with Crippen LogP contribution in [0.3, 0.4) is 0 Å². The van der Waals surface area contributed by atoms with Crippen molar-refractivity contribution in [2.75, 3.05) is 0 Å². The van der Waals surface area contributed by atoms with Crippen molar-refractivity contribution in [3.05, 3.63) is 47.5 Å². The lowest BCUT2D eigenvalue weighted by Crippen LogP contribution is -2.02. The minimum absolute atomic E-state index is 0.311. The molecular formula is C13H10O3. The lowest BCUT2D eigenvalue weighted by atomic mass is 9.97. The average Bonchev–Trinajstić information content (AvgIpc) is 2.58. The molecule has 0 unspecified atom stereocenters. The predicted molar refractivity (Wildman–Crippen MR) is 60.3 cm³/mol. The molecule has 0 aromatic heterocycles. The second-order valence-corrected chi connectivity index (χ2v) is 3.49. The van der Waals surface area contributed by atoms with Crippen molar-refractivity contribution in [3.8, 4) is 0 Å². The Labute approximate surface area is 93.0 Å². The third-order valence-corrected chi connectivity index (χ3v) is 2.56. The van der Waals surface area contributed by atoms with Crippen LogP contribution in [0.1, 0.15) is 16.7 Å². The Balaban J connectivity index is 2.57. The van der Waals surface area contributed by atoms with Crippen molar-refractivity contribution in [1.82, 2.24) is 0 Å². The molecule has 0 spiro atoms. The molecule has 80 valence electrons. The number of hydrogen-bond donors (Lipinski definition) is 0. The van der Waals surface area contributed by atoms with E-state index in [1.54, 1.807) is 12.1 Å². The normalized spacial score (nSPS) is 14.7. The molecule has 0 fully saturated rings. The van der Waals surface area contributed by atoms with Gasteiger partial charge in [0.25, 0.3) is 0 Å². The predicted octanol–water partition coefficient (Wildman–Crippen LogP) is 2.10. The molecule has 2 rings (SSSR count). The van der Waals surface area contributed by atoms with Gasteiger partial charge in [0.15, 0.2) is 0 Å². The van der Waals surface area contributed by atoms with Crippen LogP contribution < -0.4 is 0 Å². The zero-order chi connectivity index (χ0) is 11.7. The lowest BCUT2D eigenvalue weighted by molar-refractivity contribution is -0.149. The van der Waals surface area contributed by atoms with Crippen LogP contribution in [0.5, 0.6) is 0 Å². The van der Waals surface area contributed by atoms with E-state index in [0.717, 1.165) is 11.1 Å². The molecule has 1 aliphatic rings. The number of carbonyl (C=O) groups is 2. The maximum atomic E-state index is 11.4. The largest absolute Gasteiger partial charge is 0.386 e. The van der Waals surface area contributed by atoms with Crippen LogP contribution in [-0.4, -0.2) is 11.9 Å². The highest BCUT2D eigenvalue weighted by Crippen LogP contribution is 2.26. The van der Waals surface area contributed by atoms with Crippen LogP contribution in [0.2, 0.25) is 0 Å². The number of esters is 2. The summed E-state index contributed by atoms with van der Waals surface area (Å²) in [4.78, 5) is 22.4. The third-order valence-electron chi connectivity index (χ3n) is 2.56. The summed E-state index contributed by atoms with van der Waals surface area (Å²) in [6, 6.07) is 5.50. The molecule has 0 bridgehead atoms. The van der Waals surface area contributed by atoms with E-state index in [4.69, 9.17) is 0 Å². The number of hydrogen-bond acceptors (Lipinski definition) is 3. The zero-order valence-corrected chi connectivity index (χ0v) is 8.82. The molecule has 3 nitrogen and oxygen atoms in total. The fourth-order valence-electron chi connectivity index (χ4n) is 1.71. The van der Waals surface area contributed by atoms with Gasteiger partial charge in [0, 0.05) is 6.08 Å². The minimum atomic E-state index is -0.608. The molecule has 16 heavy (non-hydrogen) atoms. The average molecular weight is 214 g/mol. The van der Waals surface area contributed by atoms with Crippen LogP contribution in [0.4, 0.5) is 0 Å². The molecule has 0 N–H and O–H groups in total. The fourth-order valence-corrected chi connectivity index (χ4v) is 1.71. The first-order valence-electron chi connectivity index (χ1n) is 4.83. The van der Waals surface area contributed by atoms with E-state index >= 15 is 0 Å². The van der Waals surface area contributed by atoms with E-state index in [0.29, 0.717) is 11.1 Å². The Kier molecular flexibility index (Phi) is 2.44. The molecule has 1 heterocycles. The molecular weight excluding hydrogens is 204 g/mol. The molecule has 1 aliphatic heterocycles. The highest BCUT2D eigenvalue weighted by molar-refractivity contribution is 6.28. The summed E-state index contributed by atoms with van der Waals surface area (Å²) in [7, 11) is 0. The summed E-state index contributed by atoms with van der Waals surface area (Å²) in [6.07, 6.45) is 2.93. The number of ether oxygens (including phenoxy) is 1. The van der Waals surface area contributed by atoms with Gasteiger partial charge in [-0.1, -0.05) is 30.9 Å². The molecule has 1 aromatic carbocycles. The van der Waals surface area contributed by atoms with Crippen molar-refractivity contribution >= 4 is 23.6 Å². The number of carbonyl (C=O) groups excluding carboxylic acids is 2. The molecule has 0 saturated carbocycles. The highest BCUT2D eigenvalue weighted by Gasteiger charge is 2.26. The van der Waals surface area contributed by atoms with Crippen LogP contribution in [0.15, 0.2) is 30.9 Å². The van der Waals surface area contributed by atoms with Gasteiger partial charge in [-0.3, -0.25) is 0 Å². The van der Waals surface area contributed by atoms with Gasteiger partial charge in [0.2, 0.25) is 0 Å². The maximum absolute atomic E-state index is 11.4. The fraction of sp³-hybridized carbons (Fsp3) is 0.0769. The van der Waals surface area contributed by atoms with Crippen LogP contribution >= 0.6 is 0 Å². The number of cyclic esters (lactones) is 2. The molecule has 0 atom stereocenters. The first kappa shape index (κ1) is 10.4. The van der Waals surface area contributed by atoms with Crippen molar-refractivity contribution in [2.24, 2.45) is 0 Å². The molecule has 0 saturated heterocycles. The molecule has 0 amide bonds. The topological polar surface area (TPSA) is 43.4 Å². The number of benzene rings is 1. The lowest BCUT2D eigenvalue weighted by Gasteiger charge is -2.07.